The highest BCUT2D eigenvalue weighted by Crippen LogP contribution is 2.27. The second-order valence-electron chi connectivity index (χ2n) is 4.49. The van der Waals surface area contributed by atoms with E-state index in [0.717, 1.165) is 21.2 Å². The van der Waals surface area contributed by atoms with Crippen molar-refractivity contribution >= 4 is 50.4 Å². The Morgan fingerprint density at radius 3 is 2.70 bits per heavy atom. The van der Waals surface area contributed by atoms with Gasteiger partial charge in [-0.3, -0.25) is 4.79 Å². The molecule has 0 saturated carbocycles. The second-order valence-corrected chi connectivity index (χ2v) is 6.22. The fourth-order valence-corrected chi connectivity index (χ4v) is 3.40. The summed E-state index contributed by atoms with van der Waals surface area (Å²) in [6, 6.07) is 13.1. The zero-order valence-electron chi connectivity index (χ0n) is 10.4. The SMILES string of the molecule is O=C(Cc1ccc(Cl)c(Cl)c1)c1cccc2ccsc12. The summed E-state index contributed by atoms with van der Waals surface area (Å²) in [5.41, 5.74) is 1.64. The predicted octanol–water partition coefficient (Wildman–Crippen LogP) is 5.63. The molecule has 100 valence electrons. The number of carbonyl (C=O) groups is 1. The van der Waals surface area contributed by atoms with E-state index in [2.05, 4.69) is 0 Å². The monoisotopic (exact) mass is 320 g/mol. The minimum atomic E-state index is 0.0939. The summed E-state index contributed by atoms with van der Waals surface area (Å²) in [6.07, 6.45) is 0.327. The first-order valence-electron chi connectivity index (χ1n) is 6.08. The molecule has 0 spiro atoms. The lowest BCUT2D eigenvalue weighted by Crippen LogP contribution is -2.03. The van der Waals surface area contributed by atoms with E-state index in [9.17, 15) is 4.79 Å². The van der Waals surface area contributed by atoms with E-state index in [-0.39, 0.29) is 5.78 Å². The van der Waals surface area contributed by atoms with Gasteiger partial charge >= 0.3 is 0 Å². The van der Waals surface area contributed by atoms with Gasteiger partial charge in [-0.2, -0.15) is 0 Å². The number of hydrogen-bond donors (Lipinski definition) is 0. The Kier molecular flexibility index (Phi) is 3.79. The number of hydrogen-bond acceptors (Lipinski definition) is 2. The molecular formula is C16H10Cl2OS. The van der Waals surface area contributed by atoms with Gasteiger partial charge < -0.3 is 0 Å². The lowest BCUT2D eigenvalue weighted by molar-refractivity contribution is 0.0994. The third-order valence-corrected chi connectivity index (χ3v) is 4.83. The Morgan fingerprint density at radius 1 is 1.05 bits per heavy atom. The van der Waals surface area contributed by atoms with Crippen molar-refractivity contribution in [3.8, 4) is 0 Å². The molecule has 0 bridgehead atoms. The van der Waals surface area contributed by atoms with Gasteiger partial charge in [-0.15, -0.1) is 11.3 Å². The van der Waals surface area contributed by atoms with E-state index in [1.165, 1.54) is 0 Å². The van der Waals surface area contributed by atoms with Gasteiger partial charge in [-0.05, 0) is 40.6 Å². The molecule has 0 saturated heterocycles. The standard InChI is InChI=1S/C16H10Cl2OS/c17-13-5-4-10(8-14(13)18)9-15(19)12-3-1-2-11-6-7-20-16(11)12/h1-8H,9H2. The first kappa shape index (κ1) is 13.6. The number of carbonyl (C=O) groups excluding carboxylic acids is 1. The number of rotatable bonds is 3. The van der Waals surface area contributed by atoms with Crippen LogP contribution in [0.4, 0.5) is 0 Å². The van der Waals surface area contributed by atoms with Gasteiger partial charge in [0.25, 0.3) is 0 Å². The Balaban J connectivity index is 1.93. The Morgan fingerprint density at radius 2 is 1.90 bits per heavy atom. The van der Waals surface area contributed by atoms with Crippen molar-refractivity contribution in [3.05, 3.63) is 69.0 Å². The molecule has 2 aromatic carbocycles. The van der Waals surface area contributed by atoms with Crippen molar-refractivity contribution in [1.82, 2.24) is 0 Å². The molecule has 0 aliphatic rings. The highest BCUT2D eigenvalue weighted by molar-refractivity contribution is 7.17. The van der Waals surface area contributed by atoms with E-state index >= 15 is 0 Å². The maximum atomic E-state index is 12.5. The molecule has 0 N–H and O–H groups in total. The Hall–Kier alpha value is -1.35. The van der Waals surface area contributed by atoms with E-state index < -0.39 is 0 Å². The van der Waals surface area contributed by atoms with E-state index in [1.54, 1.807) is 23.5 Å². The minimum absolute atomic E-state index is 0.0939. The summed E-state index contributed by atoms with van der Waals surface area (Å²) in [6.45, 7) is 0. The van der Waals surface area contributed by atoms with Crippen LogP contribution in [0.3, 0.4) is 0 Å². The highest BCUT2D eigenvalue weighted by atomic mass is 35.5. The summed E-state index contributed by atoms with van der Waals surface area (Å²) in [5, 5.41) is 4.09. The van der Waals surface area contributed by atoms with Crippen LogP contribution >= 0.6 is 34.5 Å². The zero-order chi connectivity index (χ0) is 14.1. The molecule has 1 heterocycles. The fraction of sp³-hybridized carbons (Fsp3) is 0.0625. The van der Waals surface area contributed by atoms with Crippen molar-refractivity contribution in [2.75, 3.05) is 0 Å². The molecule has 0 unspecified atom stereocenters. The average molecular weight is 321 g/mol. The highest BCUT2D eigenvalue weighted by Gasteiger charge is 2.12. The van der Waals surface area contributed by atoms with Crippen LogP contribution in [-0.4, -0.2) is 5.78 Å². The van der Waals surface area contributed by atoms with Crippen molar-refractivity contribution in [2.24, 2.45) is 0 Å². The molecular weight excluding hydrogens is 311 g/mol. The van der Waals surface area contributed by atoms with Gasteiger partial charge in [0.05, 0.1) is 10.0 Å². The van der Waals surface area contributed by atoms with Gasteiger partial charge in [0, 0.05) is 16.7 Å². The third-order valence-electron chi connectivity index (χ3n) is 3.13. The van der Waals surface area contributed by atoms with E-state index in [0.29, 0.717) is 16.5 Å². The van der Waals surface area contributed by atoms with Crippen LogP contribution in [-0.2, 0) is 6.42 Å². The molecule has 4 heteroatoms. The molecule has 0 radical (unpaired) electrons. The van der Waals surface area contributed by atoms with Crippen molar-refractivity contribution in [1.29, 1.82) is 0 Å². The largest absolute Gasteiger partial charge is 0.294 e. The number of thiophene rings is 1. The molecule has 0 atom stereocenters. The van der Waals surface area contributed by atoms with Crippen molar-refractivity contribution in [2.45, 2.75) is 6.42 Å². The van der Waals surface area contributed by atoms with Crippen LogP contribution < -0.4 is 0 Å². The van der Waals surface area contributed by atoms with Crippen molar-refractivity contribution < 1.29 is 4.79 Å². The van der Waals surface area contributed by atoms with Gasteiger partial charge in [-0.1, -0.05) is 41.4 Å². The van der Waals surface area contributed by atoms with E-state index in [1.807, 2.05) is 35.7 Å². The molecule has 0 aliphatic heterocycles. The molecule has 1 aromatic heterocycles. The maximum absolute atomic E-state index is 12.5. The van der Waals surface area contributed by atoms with Crippen LogP contribution in [0.25, 0.3) is 10.1 Å². The Bertz CT molecular complexity index is 792. The summed E-state index contributed by atoms with van der Waals surface area (Å²) >= 11 is 13.5. The smallest absolute Gasteiger partial charge is 0.168 e. The molecule has 0 amide bonds. The lowest BCUT2D eigenvalue weighted by Gasteiger charge is -2.04. The third kappa shape index (κ3) is 2.59. The van der Waals surface area contributed by atoms with Crippen LogP contribution in [0.15, 0.2) is 47.8 Å². The van der Waals surface area contributed by atoms with Crippen LogP contribution in [0.1, 0.15) is 15.9 Å². The second kappa shape index (κ2) is 5.57. The number of fused-ring (bicyclic) bond motifs is 1. The summed E-state index contributed by atoms with van der Waals surface area (Å²) in [4.78, 5) is 12.5. The number of benzene rings is 2. The Labute approximate surface area is 130 Å². The van der Waals surface area contributed by atoms with Crippen LogP contribution in [0, 0.1) is 0 Å². The summed E-state index contributed by atoms with van der Waals surface area (Å²) in [5.74, 6) is 0.0939. The molecule has 20 heavy (non-hydrogen) atoms. The minimum Gasteiger partial charge on any atom is -0.294 e. The number of ketones is 1. The van der Waals surface area contributed by atoms with Gasteiger partial charge in [-0.25, -0.2) is 0 Å². The van der Waals surface area contributed by atoms with Gasteiger partial charge in [0.15, 0.2) is 5.78 Å². The molecule has 3 rings (SSSR count). The molecule has 1 nitrogen and oxygen atoms in total. The predicted molar refractivity (Wildman–Crippen MR) is 86.3 cm³/mol. The van der Waals surface area contributed by atoms with Crippen LogP contribution in [0.5, 0.6) is 0 Å². The van der Waals surface area contributed by atoms with Crippen molar-refractivity contribution in [3.63, 3.8) is 0 Å². The molecule has 3 aromatic rings. The first-order chi connectivity index (χ1) is 9.65. The fourth-order valence-electron chi connectivity index (χ4n) is 2.14. The maximum Gasteiger partial charge on any atom is 0.168 e. The van der Waals surface area contributed by atoms with Gasteiger partial charge in [0.2, 0.25) is 0 Å². The number of Topliss-reactive ketones (excluding diaryl/α,β-unsaturated/α-hetero) is 1. The molecule has 0 fully saturated rings. The normalized spacial score (nSPS) is 10.9. The topological polar surface area (TPSA) is 17.1 Å². The molecule has 0 aliphatic carbocycles. The lowest BCUT2D eigenvalue weighted by atomic mass is 10.0. The van der Waals surface area contributed by atoms with Gasteiger partial charge in [0.1, 0.15) is 0 Å². The first-order valence-corrected chi connectivity index (χ1v) is 7.72. The number of halogens is 2. The summed E-state index contributed by atoms with van der Waals surface area (Å²) < 4.78 is 1.04. The summed E-state index contributed by atoms with van der Waals surface area (Å²) in [7, 11) is 0. The quantitative estimate of drug-likeness (QED) is 0.571. The van der Waals surface area contributed by atoms with Crippen LogP contribution in [0.2, 0.25) is 10.0 Å². The van der Waals surface area contributed by atoms with E-state index in [4.69, 9.17) is 23.2 Å². The zero-order valence-corrected chi connectivity index (χ0v) is 12.7. The average Bonchev–Trinajstić information content (AvgIpc) is 2.91.